The van der Waals surface area contributed by atoms with Gasteiger partial charge in [-0.25, -0.2) is 0 Å². The second-order valence-corrected chi connectivity index (χ2v) is 5.66. The van der Waals surface area contributed by atoms with E-state index in [2.05, 4.69) is 30.0 Å². The van der Waals surface area contributed by atoms with Crippen LogP contribution >= 0.6 is 0 Å². The Kier molecular flexibility index (Phi) is 3.43. The van der Waals surface area contributed by atoms with Crippen LogP contribution in [0.25, 0.3) is 10.8 Å². The number of fused-ring (bicyclic) bond motifs is 1. The normalized spacial score (nSPS) is 17.9. The topological polar surface area (TPSA) is 23.5 Å². The van der Waals surface area contributed by atoms with E-state index in [9.17, 15) is 5.11 Å². The number of hydrogen-bond acceptors (Lipinski definition) is 2. The highest BCUT2D eigenvalue weighted by Gasteiger charge is 2.18. The van der Waals surface area contributed by atoms with Crippen molar-refractivity contribution < 1.29 is 5.11 Å². The van der Waals surface area contributed by atoms with Crippen molar-refractivity contribution in [3.8, 4) is 5.75 Å². The Labute approximate surface area is 114 Å². The van der Waals surface area contributed by atoms with Crippen LogP contribution in [0.4, 0.5) is 0 Å². The average Bonchev–Trinajstić information content (AvgIpc) is 2.92. The molecule has 0 aliphatic carbocycles. The third-order valence-corrected chi connectivity index (χ3v) is 4.18. The molecule has 1 atom stereocenters. The molecule has 1 aliphatic heterocycles. The molecule has 3 rings (SSSR count). The molecule has 1 unspecified atom stereocenters. The lowest BCUT2D eigenvalue weighted by Crippen LogP contribution is -2.31. The van der Waals surface area contributed by atoms with Gasteiger partial charge in [-0.15, -0.1) is 0 Å². The van der Waals surface area contributed by atoms with Crippen molar-refractivity contribution in [1.29, 1.82) is 0 Å². The van der Waals surface area contributed by atoms with Crippen LogP contribution in [-0.4, -0.2) is 29.1 Å². The molecule has 0 spiro atoms. The molecule has 2 heteroatoms. The largest absolute Gasteiger partial charge is 0.508 e. The van der Waals surface area contributed by atoms with E-state index in [0.29, 0.717) is 11.8 Å². The molecule has 0 saturated carbocycles. The van der Waals surface area contributed by atoms with Crippen LogP contribution in [0.3, 0.4) is 0 Å². The van der Waals surface area contributed by atoms with Crippen molar-refractivity contribution in [2.45, 2.75) is 32.2 Å². The Bertz CT molecular complexity index is 572. The number of phenolic OH excluding ortho intramolecular Hbond substituents is 1. The van der Waals surface area contributed by atoms with Crippen molar-refractivity contribution in [1.82, 2.24) is 4.90 Å². The summed E-state index contributed by atoms with van der Waals surface area (Å²) < 4.78 is 0. The van der Waals surface area contributed by atoms with Gasteiger partial charge in [-0.1, -0.05) is 24.3 Å². The minimum absolute atomic E-state index is 0.345. The monoisotopic (exact) mass is 255 g/mol. The summed E-state index contributed by atoms with van der Waals surface area (Å²) in [6.07, 6.45) is 3.78. The summed E-state index contributed by atoms with van der Waals surface area (Å²) >= 11 is 0. The molecule has 100 valence electrons. The van der Waals surface area contributed by atoms with Crippen LogP contribution in [-0.2, 0) is 6.42 Å². The van der Waals surface area contributed by atoms with Crippen molar-refractivity contribution in [3.63, 3.8) is 0 Å². The molecule has 19 heavy (non-hydrogen) atoms. The minimum Gasteiger partial charge on any atom is -0.508 e. The number of benzene rings is 2. The zero-order valence-corrected chi connectivity index (χ0v) is 11.5. The number of likely N-dealkylation sites (tertiary alicyclic amines) is 1. The molecular formula is C17H21NO. The van der Waals surface area contributed by atoms with Gasteiger partial charge in [0.15, 0.2) is 0 Å². The Morgan fingerprint density at radius 2 is 1.79 bits per heavy atom. The molecule has 0 amide bonds. The maximum absolute atomic E-state index is 9.57. The molecule has 1 aliphatic rings. The summed E-state index contributed by atoms with van der Waals surface area (Å²) in [4.78, 5) is 2.58. The van der Waals surface area contributed by atoms with Crippen LogP contribution in [0.15, 0.2) is 36.4 Å². The van der Waals surface area contributed by atoms with Gasteiger partial charge in [-0.3, -0.25) is 0 Å². The SMILES string of the molecule is CC(Cc1ccc2ccc(O)cc2c1)N1CCCC1. The number of rotatable bonds is 3. The maximum Gasteiger partial charge on any atom is 0.116 e. The molecule has 2 aromatic carbocycles. The highest BCUT2D eigenvalue weighted by atomic mass is 16.3. The average molecular weight is 255 g/mol. The third kappa shape index (κ3) is 2.74. The summed E-state index contributed by atoms with van der Waals surface area (Å²) in [6.45, 7) is 4.81. The van der Waals surface area contributed by atoms with Crippen LogP contribution in [0.5, 0.6) is 5.75 Å². The molecule has 0 aromatic heterocycles. The summed E-state index contributed by atoms with van der Waals surface area (Å²) in [5.74, 6) is 0.345. The third-order valence-electron chi connectivity index (χ3n) is 4.18. The van der Waals surface area contributed by atoms with Crippen LogP contribution in [0.2, 0.25) is 0 Å². The Morgan fingerprint density at radius 3 is 2.58 bits per heavy atom. The molecule has 1 heterocycles. The maximum atomic E-state index is 9.57. The molecule has 2 nitrogen and oxygen atoms in total. The highest BCUT2D eigenvalue weighted by molar-refractivity contribution is 5.84. The highest BCUT2D eigenvalue weighted by Crippen LogP contribution is 2.23. The van der Waals surface area contributed by atoms with Gasteiger partial charge in [0.25, 0.3) is 0 Å². The molecule has 2 aromatic rings. The van der Waals surface area contributed by atoms with Gasteiger partial charge in [0.2, 0.25) is 0 Å². The van der Waals surface area contributed by atoms with Gasteiger partial charge in [-0.2, -0.15) is 0 Å². The molecular weight excluding hydrogens is 234 g/mol. The summed E-state index contributed by atoms with van der Waals surface area (Å²) in [5, 5.41) is 11.9. The minimum atomic E-state index is 0.345. The first kappa shape index (κ1) is 12.5. The second-order valence-electron chi connectivity index (χ2n) is 5.66. The van der Waals surface area contributed by atoms with E-state index in [-0.39, 0.29) is 0 Å². The lowest BCUT2D eigenvalue weighted by atomic mass is 10.0. The fourth-order valence-corrected chi connectivity index (χ4v) is 3.06. The van der Waals surface area contributed by atoms with Gasteiger partial charge >= 0.3 is 0 Å². The Hall–Kier alpha value is -1.54. The van der Waals surface area contributed by atoms with E-state index in [0.717, 1.165) is 11.8 Å². The van der Waals surface area contributed by atoms with Crippen LogP contribution in [0.1, 0.15) is 25.3 Å². The van der Waals surface area contributed by atoms with E-state index >= 15 is 0 Å². The zero-order valence-electron chi connectivity index (χ0n) is 11.5. The van der Waals surface area contributed by atoms with Gasteiger partial charge in [-0.05, 0) is 67.7 Å². The van der Waals surface area contributed by atoms with Gasteiger partial charge < -0.3 is 10.0 Å². The number of hydrogen-bond donors (Lipinski definition) is 1. The first-order valence-electron chi connectivity index (χ1n) is 7.18. The van der Waals surface area contributed by atoms with Gasteiger partial charge in [0.05, 0.1) is 0 Å². The summed E-state index contributed by atoms with van der Waals surface area (Å²) in [5.41, 5.74) is 1.36. The number of nitrogens with zero attached hydrogens (tertiary/aromatic N) is 1. The quantitative estimate of drug-likeness (QED) is 0.906. The van der Waals surface area contributed by atoms with Crippen molar-refractivity contribution >= 4 is 10.8 Å². The molecule has 1 saturated heterocycles. The second kappa shape index (κ2) is 5.22. The summed E-state index contributed by atoms with van der Waals surface area (Å²) in [6, 6.07) is 12.7. The van der Waals surface area contributed by atoms with Crippen molar-refractivity contribution in [2.24, 2.45) is 0 Å². The lowest BCUT2D eigenvalue weighted by molar-refractivity contribution is 0.258. The lowest BCUT2D eigenvalue weighted by Gasteiger charge is -2.23. The molecule has 0 radical (unpaired) electrons. The van der Waals surface area contributed by atoms with Gasteiger partial charge in [0, 0.05) is 6.04 Å². The first-order chi connectivity index (χ1) is 9.22. The smallest absolute Gasteiger partial charge is 0.116 e. The fraction of sp³-hybridized carbons (Fsp3) is 0.412. The Morgan fingerprint density at radius 1 is 1.05 bits per heavy atom. The van der Waals surface area contributed by atoms with Crippen LogP contribution in [0, 0.1) is 0 Å². The zero-order chi connectivity index (χ0) is 13.2. The fourth-order valence-electron chi connectivity index (χ4n) is 3.06. The number of phenols is 1. The Balaban J connectivity index is 1.80. The van der Waals surface area contributed by atoms with Gasteiger partial charge in [0.1, 0.15) is 5.75 Å². The van der Waals surface area contributed by atoms with E-state index < -0.39 is 0 Å². The van der Waals surface area contributed by atoms with Crippen molar-refractivity contribution in [2.75, 3.05) is 13.1 Å². The standard InChI is InChI=1S/C17H21NO/c1-13(18-8-2-3-9-18)10-14-4-5-15-6-7-17(19)12-16(15)11-14/h4-7,11-13,19H,2-3,8-10H2,1H3. The van der Waals surface area contributed by atoms with Crippen LogP contribution < -0.4 is 0 Å². The van der Waals surface area contributed by atoms with E-state index in [1.165, 1.54) is 36.9 Å². The molecule has 1 N–H and O–H groups in total. The molecule has 1 fully saturated rings. The first-order valence-corrected chi connectivity index (χ1v) is 7.18. The summed E-state index contributed by atoms with van der Waals surface area (Å²) in [7, 11) is 0. The van der Waals surface area contributed by atoms with E-state index in [1.54, 1.807) is 6.07 Å². The van der Waals surface area contributed by atoms with Crippen molar-refractivity contribution in [3.05, 3.63) is 42.0 Å². The van der Waals surface area contributed by atoms with E-state index in [1.807, 2.05) is 12.1 Å². The number of aromatic hydroxyl groups is 1. The van der Waals surface area contributed by atoms with E-state index in [4.69, 9.17) is 0 Å². The molecule has 0 bridgehead atoms. The predicted octanol–water partition coefficient (Wildman–Crippen LogP) is 3.57. The predicted molar refractivity (Wildman–Crippen MR) is 79.6 cm³/mol.